The molecule has 1 aliphatic heterocycles. The third-order valence-electron chi connectivity index (χ3n) is 4.78. The van der Waals surface area contributed by atoms with Gasteiger partial charge in [0.1, 0.15) is 17.4 Å². The fourth-order valence-electron chi connectivity index (χ4n) is 3.09. The van der Waals surface area contributed by atoms with E-state index >= 15 is 0 Å². The van der Waals surface area contributed by atoms with Gasteiger partial charge in [0.05, 0.1) is 11.5 Å². The van der Waals surface area contributed by atoms with Crippen molar-refractivity contribution in [3.05, 3.63) is 41.6 Å². The zero-order valence-corrected chi connectivity index (χ0v) is 17.7. The molecule has 1 atom stereocenters. The summed E-state index contributed by atoms with van der Waals surface area (Å²) in [4.78, 5) is 16.2. The molecule has 0 radical (unpaired) electrons. The number of carbonyl (C=O) groups is 1. The highest BCUT2D eigenvalue weighted by atomic mass is 32.2. The molecule has 29 heavy (non-hydrogen) atoms. The van der Waals surface area contributed by atoms with Gasteiger partial charge in [0.15, 0.2) is 9.84 Å². The summed E-state index contributed by atoms with van der Waals surface area (Å²) in [6, 6.07) is 8.40. The summed E-state index contributed by atoms with van der Waals surface area (Å²) >= 11 is 0. The van der Waals surface area contributed by atoms with E-state index in [1.807, 2.05) is 30.0 Å². The van der Waals surface area contributed by atoms with Crippen molar-refractivity contribution >= 4 is 15.7 Å². The number of nitrogens with one attached hydrogen (secondary N) is 1. The molecule has 158 valence electrons. The number of likely N-dealkylation sites (N-methyl/N-ethyl adjacent to an activating group) is 1. The molecule has 1 unspecified atom stereocenters. The van der Waals surface area contributed by atoms with E-state index < -0.39 is 15.7 Å². The molecule has 0 aliphatic carbocycles. The van der Waals surface area contributed by atoms with E-state index in [2.05, 4.69) is 5.32 Å². The Labute approximate surface area is 172 Å². The van der Waals surface area contributed by atoms with Gasteiger partial charge in [-0.3, -0.25) is 4.79 Å². The molecule has 2 rings (SSSR count). The van der Waals surface area contributed by atoms with Gasteiger partial charge in [-0.1, -0.05) is 12.1 Å². The quantitative estimate of drug-likeness (QED) is 0.442. The molecule has 1 saturated heterocycles. The van der Waals surface area contributed by atoms with Crippen LogP contribution in [0.15, 0.2) is 36.0 Å². The van der Waals surface area contributed by atoms with Crippen LogP contribution in [0.25, 0.3) is 0 Å². The van der Waals surface area contributed by atoms with Crippen LogP contribution in [0.4, 0.5) is 0 Å². The number of hydrogen-bond donors (Lipinski definition) is 2. The van der Waals surface area contributed by atoms with Crippen LogP contribution >= 0.6 is 0 Å². The first-order valence-corrected chi connectivity index (χ1v) is 11.3. The predicted molar refractivity (Wildman–Crippen MR) is 111 cm³/mol. The molecule has 2 N–H and O–H groups in total. The lowest BCUT2D eigenvalue weighted by Gasteiger charge is -2.28. The Hall–Kier alpha value is -2.57. The summed E-state index contributed by atoms with van der Waals surface area (Å²) in [5.41, 5.74) is 0.910. The molecule has 1 aromatic carbocycles. The van der Waals surface area contributed by atoms with Crippen LogP contribution in [0.3, 0.4) is 0 Å². The SMILES string of the molecule is CN(C)CCN(/C=C(/C#N)C(=O)NCCc1ccc(O)cc1)C1CCS(=O)(=O)C1. The fourth-order valence-corrected chi connectivity index (χ4v) is 4.83. The molecule has 8 nitrogen and oxygen atoms in total. The van der Waals surface area contributed by atoms with Crippen molar-refractivity contribution < 1.29 is 18.3 Å². The maximum atomic E-state index is 12.4. The molecule has 0 aromatic heterocycles. The molecule has 0 spiro atoms. The van der Waals surface area contributed by atoms with E-state index in [4.69, 9.17) is 0 Å². The van der Waals surface area contributed by atoms with Crippen LogP contribution in [0.2, 0.25) is 0 Å². The third-order valence-corrected chi connectivity index (χ3v) is 6.53. The smallest absolute Gasteiger partial charge is 0.263 e. The maximum absolute atomic E-state index is 12.4. The van der Waals surface area contributed by atoms with Crippen molar-refractivity contribution in [3.63, 3.8) is 0 Å². The second kappa shape index (κ2) is 10.3. The Morgan fingerprint density at radius 3 is 2.55 bits per heavy atom. The average Bonchev–Trinajstić information content (AvgIpc) is 3.03. The summed E-state index contributed by atoms with van der Waals surface area (Å²) < 4.78 is 23.7. The maximum Gasteiger partial charge on any atom is 0.263 e. The monoisotopic (exact) mass is 420 g/mol. The van der Waals surface area contributed by atoms with Crippen LogP contribution in [0.5, 0.6) is 5.75 Å². The Bertz CT molecular complexity index is 873. The van der Waals surface area contributed by atoms with E-state index in [9.17, 15) is 23.6 Å². The summed E-state index contributed by atoms with van der Waals surface area (Å²) in [5, 5.41) is 21.5. The molecule has 1 aliphatic rings. The first-order chi connectivity index (χ1) is 13.7. The number of nitrogens with zero attached hydrogens (tertiary/aromatic N) is 3. The number of phenolic OH excluding ortho intramolecular Hbond substituents is 1. The standard InChI is InChI=1S/C20H28N4O4S/c1-23(2)10-11-24(18-8-12-29(27,28)15-18)14-17(13-21)20(26)22-9-7-16-3-5-19(25)6-4-16/h3-6,14,18,25H,7-12,15H2,1-2H3,(H,22,26)/b17-14-. The highest BCUT2D eigenvalue weighted by molar-refractivity contribution is 7.91. The molecular formula is C20H28N4O4S. The zero-order valence-electron chi connectivity index (χ0n) is 16.8. The predicted octanol–water partition coefficient (Wildman–Crippen LogP) is 0.509. The van der Waals surface area contributed by atoms with Gasteiger partial charge >= 0.3 is 0 Å². The second-order valence-electron chi connectivity index (χ2n) is 7.42. The zero-order chi connectivity index (χ0) is 21.4. The number of aromatic hydroxyl groups is 1. The molecule has 1 aromatic rings. The number of sulfone groups is 1. The largest absolute Gasteiger partial charge is 0.508 e. The van der Waals surface area contributed by atoms with Crippen molar-refractivity contribution in [1.82, 2.24) is 15.1 Å². The molecule has 1 heterocycles. The van der Waals surface area contributed by atoms with E-state index in [0.29, 0.717) is 32.5 Å². The summed E-state index contributed by atoms with van der Waals surface area (Å²) in [7, 11) is 0.747. The first kappa shape index (κ1) is 22.7. The lowest BCUT2D eigenvalue weighted by molar-refractivity contribution is -0.117. The number of benzene rings is 1. The molecule has 9 heteroatoms. The number of hydrogen-bond acceptors (Lipinski definition) is 7. The first-order valence-electron chi connectivity index (χ1n) is 9.49. The minimum Gasteiger partial charge on any atom is -0.508 e. The normalized spacial score (nSPS) is 18.4. The second-order valence-corrected chi connectivity index (χ2v) is 9.65. The van der Waals surface area contributed by atoms with E-state index in [1.165, 1.54) is 6.20 Å². The van der Waals surface area contributed by atoms with Crippen LogP contribution in [0.1, 0.15) is 12.0 Å². The third kappa shape index (κ3) is 7.40. The number of amides is 1. The van der Waals surface area contributed by atoms with Crippen molar-refractivity contribution in [2.24, 2.45) is 0 Å². The Morgan fingerprint density at radius 1 is 1.31 bits per heavy atom. The Balaban J connectivity index is 2.02. The van der Waals surface area contributed by atoms with Crippen molar-refractivity contribution in [2.45, 2.75) is 18.9 Å². The van der Waals surface area contributed by atoms with Gasteiger partial charge in [0, 0.05) is 31.9 Å². The average molecular weight is 421 g/mol. The summed E-state index contributed by atoms with van der Waals surface area (Å²) in [6.45, 7) is 1.55. The Morgan fingerprint density at radius 2 is 2.00 bits per heavy atom. The molecular weight excluding hydrogens is 392 g/mol. The van der Waals surface area contributed by atoms with Gasteiger partial charge in [-0.2, -0.15) is 5.26 Å². The van der Waals surface area contributed by atoms with Gasteiger partial charge in [0.25, 0.3) is 5.91 Å². The van der Waals surface area contributed by atoms with Gasteiger partial charge < -0.3 is 20.2 Å². The number of nitriles is 1. The number of carbonyl (C=O) groups excluding carboxylic acids is 1. The topological polar surface area (TPSA) is 114 Å². The Kier molecular flexibility index (Phi) is 8.05. The highest BCUT2D eigenvalue weighted by Gasteiger charge is 2.31. The van der Waals surface area contributed by atoms with Gasteiger partial charge in [-0.15, -0.1) is 0 Å². The van der Waals surface area contributed by atoms with Gasteiger partial charge in [0.2, 0.25) is 0 Å². The minimum absolute atomic E-state index is 0.0398. The van der Waals surface area contributed by atoms with Crippen molar-refractivity contribution in [3.8, 4) is 11.8 Å². The number of phenols is 1. The summed E-state index contributed by atoms with van der Waals surface area (Å²) in [5.74, 6) is -0.135. The van der Waals surface area contributed by atoms with Crippen LogP contribution < -0.4 is 5.32 Å². The van der Waals surface area contributed by atoms with Crippen molar-refractivity contribution in [1.29, 1.82) is 5.26 Å². The summed E-state index contributed by atoms with van der Waals surface area (Å²) in [6.07, 6.45) is 2.55. The van der Waals surface area contributed by atoms with Gasteiger partial charge in [-0.25, -0.2) is 8.42 Å². The fraction of sp³-hybridized carbons (Fsp3) is 0.500. The van der Waals surface area contributed by atoms with E-state index in [0.717, 1.165) is 5.56 Å². The lowest BCUT2D eigenvalue weighted by Crippen LogP contribution is -2.38. The van der Waals surface area contributed by atoms with E-state index in [-0.39, 0.29) is 28.9 Å². The van der Waals surface area contributed by atoms with Crippen molar-refractivity contribution in [2.75, 3.05) is 45.2 Å². The molecule has 0 saturated carbocycles. The highest BCUT2D eigenvalue weighted by Crippen LogP contribution is 2.19. The van der Waals surface area contributed by atoms with Gasteiger partial charge in [-0.05, 0) is 44.6 Å². The van der Waals surface area contributed by atoms with Crippen LogP contribution in [0, 0.1) is 11.3 Å². The van der Waals surface area contributed by atoms with E-state index in [1.54, 1.807) is 24.3 Å². The number of rotatable bonds is 9. The van der Waals surface area contributed by atoms with Crippen LogP contribution in [-0.4, -0.2) is 80.5 Å². The molecule has 1 amide bonds. The molecule has 0 bridgehead atoms. The minimum atomic E-state index is -3.08. The molecule has 1 fully saturated rings. The van der Waals surface area contributed by atoms with Crippen LogP contribution in [-0.2, 0) is 21.1 Å². The lowest BCUT2D eigenvalue weighted by atomic mass is 10.1.